The van der Waals surface area contributed by atoms with E-state index in [-0.39, 0.29) is 0 Å². The predicted molar refractivity (Wildman–Crippen MR) is 67.2 cm³/mol. The third-order valence-corrected chi connectivity index (χ3v) is 3.51. The molecule has 2 aromatic rings. The fourth-order valence-corrected chi connectivity index (χ4v) is 1.73. The van der Waals surface area contributed by atoms with Crippen molar-refractivity contribution in [2.24, 2.45) is 5.92 Å². The summed E-state index contributed by atoms with van der Waals surface area (Å²) in [6.07, 6.45) is 0. The van der Waals surface area contributed by atoms with Gasteiger partial charge in [-0.15, -0.1) is 0 Å². The second-order valence-corrected chi connectivity index (χ2v) is 5.05. The molecule has 1 unspecified atom stereocenters. The number of fused-ring (bicyclic) bond motifs is 1. The molecule has 2 aromatic heterocycles. The number of imidazole rings is 1. The van der Waals surface area contributed by atoms with Gasteiger partial charge in [-0.2, -0.15) is 0 Å². The van der Waals surface area contributed by atoms with E-state index in [0.29, 0.717) is 27.7 Å². The van der Waals surface area contributed by atoms with E-state index >= 15 is 0 Å². The largest absolute Gasteiger partial charge is 0.340 e. The van der Waals surface area contributed by atoms with Crippen molar-refractivity contribution in [2.75, 3.05) is 0 Å². The molecule has 1 atom stereocenters. The van der Waals surface area contributed by atoms with Crippen molar-refractivity contribution in [2.45, 2.75) is 26.7 Å². The molecule has 0 fully saturated rings. The lowest BCUT2D eigenvalue weighted by atomic mass is 9.98. The van der Waals surface area contributed by atoms with Crippen LogP contribution in [0.15, 0.2) is 6.07 Å². The van der Waals surface area contributed by atoms with Crippen molar-refractivity contribution in [1.82, 2.24) is 15.0 Å². The number of H-pyrrole nitrogens is 1. The zero-order chi connectivity index (χ0) is 11.9. The van der Waals surface area contributed by atoms with Crippen LogP contribution in [0.2, 0.25) is 10.2 Å². The number of hydrogen-bond donors (Lipinski definition) is 1. The quantitative estimate of drug-likeness (QED) is 0.826. The van der Waals surface area contributed by atoms with Crippen LogP contribution in [0.1, 0.15) is 32.5 Å². The standard InChI is InChI=1S/C11H13Cl2N3/c1-5(2)6(3)10-14-8-4-7(12)9(13)15-11(8)16-10/h4-6H,1-3H3,(H,14,15,16). The van der Waals surface area contributed by atoms with Crippen LogP contribution in [-0.2, 0) is 0 Å². The first-order valence-electron chi connectivity index (χ1n) is 5.20. The Morgan fingerprint density at radius 1 is 1.19 bits per heavy atom. The zero-order valence-electron chi connectivity index (χ0n) is 9.38. The van der Waals surface area contributed by atoms with Crippen LogP contribution in [0.5, 0.6) is 0 Å². The topological polar surface area (TPSA) is 41.6 Å². The smallest absolute Gasteiger partial charge is 0.179 e. The number of aromatic nitrogens is 3. The minimum absolute atomic E-state index is 0.296. The van der Waals surface area contributed by atoms with Crippen LogP contribution < -0.4 is 0 Å². The van der Waals surface area contributed by atoms with Gasteiger partial charge in [-0.1, -0.05) is 44.0 Å². The highest BCUT2D eigenvalue weighted by atomic mass is 35.5. The molecular formula is C11H13Cl2N3. The van der Waals surface area contributed by atoms with Gasteiger partial charge >= 0.3 is 0 Å². The van der Waals surface area contributed by atoms with Gasteiger partial charge in [0.15, 0.2) is 5.65 Å². The lowest BCUT2D eigenvalue weighted by molar-refractivity contribution is 0.515. The predicted octanol–water partition coefficient (Wildman–Crippen LogP) is 4.02. The van der Waals surface area contributed by atoms with Crippen LogP contribution >= 0.6 is 23.2 Å². The van der Waals surface area contributed by atoms with Gasteiger partial charge in [-0.25, -0.2) is 9.97 Å². The first kappa shape index (κ1) is 11.7. The van der Waals surface area contributed by atoms with Crippen molar-refractivity contribution >= 4 is 34.4 Å². The van der Waals surface area contributed by atoms with Gasteiger partial charge in [0, 0.05) is 5.92 Å². The van der Waals surface area contributed by atoms with Gasteiger partial charge in [0.05, 0.1) is 10.5 Å². The van der Waals surface area contributed by atoms with Gasteiger partial charge in [-0.05, 0) is 12.0 Å². The molecule has 2 rings (SSSR count). The van der Waals surface area contributed by atoms with Crippen molar-refractivity contribution in [3.8, 4) is 0 Å². The molecule has 0 saturated heterocycles. The van der Waals surface area contributed by atoms with Crippen LogP contribution in [0.4, 0.5) is 0 Å². The van der Waals surface area contributed by atoms with E-state index in [4.69, 9.17) is 23.2 Å². The Morgan fingerprint density at radius 2 is 1.88 bits per heavy atom. The van der Waals surface area contributed by atoms with Crippen LogP contribution in [-0.4, -0.2) is 15.0 Å². The van der Waals surface area contributed by atoms with Gasteiger partial charge < -0.3 is 4.98 Å². The van der Waals surface area contributed by atoms with E-state index in [1.807, 2.05) is 0 Å². The number of rotatable bonds is 2. The Balaban J connectivity index is 2.52. The van der Waals surface area contributed by atoms with Crippen LogP contribution in [0.25, 0.3) is 11.2 Å². The number of pyridine rings is 1. The molecule has 3 nitrogen and oxygen atoms in total. The average molecular weight is 258 g/mol. The first-order valence-corrected chi connectivity index (χ1v) is 5.96. The highest BCUT2D eigenvalue weighted by molar-refractivity contribution is 6.41. The lowest BCUT2D eigenvalue weighted by Gasteiger charge is -2.11. The van der Waals surface area contributed by atoms with Crippen molar-refractivity contribution in [3.05, 3.63) is 22.1 Å². The van der Waals surface area contributed by atoms with Crippen molar-refractivity contribution in [1.29, 1.82) is 0 Å². The Morgan fingerprint density at radius 3 is 2.50 bits per heavy atom. The number of aromatic amines is 1. The Hall–Kier alpha value is -0.800. The molecule has 16 heavy (non-hydrogen) atoms. The second-order valence-electron chi connectivity index (χ2n) is 4.29. The first-order chi connectivity index (χ1) is 7.49. The molecule has 0 amide bonds. The van der Waals surface area contributed by atoms with E-state index in [1.54, 1.807) is 6.07 Å². The maximum atomic E-state index is 5.90. The minimum atomic E-state index is 0.296. The lowest BCUT2D eigenvalue weighted by Crippen LogP contribution is -2.03. The highest BCUT2D eigenvalue weighted by Gasteiger charge is 2.15. The summed E-state index contributed by atoms with van der Waals surface area (Å²) in [5.41, 5.74) is 1.45. The zero-order valence-corrected chi connectivity index (χ0v) is 10.9. The Kier molecular flexibility index (Phi) is 3.08. The monoisotopic (exact) mass is 257 g/mol. The van der Waals surface area contributed by atoms with Crippen molar-refractivity contribution in [3.63, 3.8) is 0 Å². The molecule has 86 valence electrons. The SMILES string of the molecule is CC(C)C(C)c1nc2nc(Cl)c(Cl)cc2[nH]1. The molecule has 0 spiro atoms. The van der Waals surface area contributed by atoms with E-state index in [2.05, 4.69) is 35.7 Å². The Bertz CT molecular complexity index is 480. The molecule has 0 aliphatic heterocycles. The van der Waals surface area contributed by atoms with E-state index in [9.17, 15) is 0 Å². The van der Waals surface area contributed by atoms with Gasteiger partial charge in [0.2, 0.25) is 0 Å². The number of hydrogen-bond acceptors (Lipinski definition) is 2. The van der Waals surface area contributed by atoms with E-state index in [1.165, 1.54) is 0 Å². The molecule has 5 heteroatoms. The summed E-state index contributed by atoms with van der Waals surface area (Å²) in [5, 5.41) is 0.742. The average Bonchev–Trinajstić information content (AvgIpc) is 2.60. The summed E-state index contributed by atoms with van der Waals surface area (Å²) >= 11 is 11.7. The van der Waals surface area contributed by atoms with E-state index < -0.39 is 0 Å². The second kappa shape index (κ2) is 4.22. The molecule has 0 saturated carbocycles. The molecule has 0 aliphatic rings. The third-order valence-electron chi connectivity index (χ3n) is 2.83. The van der Waals surface area contributed by atoms with Crippen LogP contribution in [0, 0.1) is 5.92 Å². The summed E-state index contributed by atoms with van der Waals surface area (Å²) in [7, 11) is 0. The number of nitrogens with one attached hydrogen (secondary N) is 1. The van der Waals surface area contributed by atoms with Gasteiger partial charge in [0.25, 0.3) is 0 Å². The molecule has 1 N–H and O–H groups in total. The molecule has 0 radical (unpaired) electrons. The van der Waals surface area contributed by atoms with E-state index in [0.717, 1.165) is 11.3 Å². The summed E-state index contributed by atoms with van der Waals surface area (Å²) < 4.78 is 0. The highest BCUT2D eigenvalue weighted by Crippen LogP contribution is 2.27. The summed E-state index contributed by atoms with van der Waals surface area (Å²) in [6, 6.07) is 1.76. The number of halogens is 2. The van der Waals surface area contributed by atoms with Crippen molar-refractivity contribution < 1.29 is 0 Å². The van der Waals surface area contributed by atoms with Gasteiger partial charge in [-0.3, -0.25) is 0 Å². The number of nitrogens with zero attached hydrogens (tertiary/aromatic N) is 2. The maximum absolute atomic E-state index is 5.90. The van der Waals surface area contributed by atoms with Gasteiger partial charge in [0.1, 0.15) is 11.0 Å². The molecule has 2 heterocycles. The molecule has 0 bridgehead atoms. The Labute approximate surface area is 104 Å². The molecule has 0 aliphatic carbocycles. The summed E-state index contributed by atoms with van der Waals surface area (Å²) in [6.45, 7) is 6.45. The summed E-state index contributed by atoms with van der Waals surface area (Å²) in [5.74, 6) is 1.80. The normalized spacial score (nSPS) is 13.6. The minimum Gasteiger partial charge on any atom is -0.340 e. The molecule has 0 aromatic carbocycles. The third kappa shape index (κ3) is 2.02. The summed E-state index contributed by atoms with van der Waals surface area (Å²) in [4.78, 5) is 11.8. The molecular weight excluding hydrogens is 245 g/mol. The fourth-order valence-electron chi connectivity index (χ4n) is 1.45. The van der Waals surface area contributed by atoms with Crippen LogP contribution in [0.3, 0.4) is 0 Å². The fraction of sp³-hybridized carbons (Fsp3) is 0.455. The maximum Gasteiger partial charge on any atom is 0.179 e.